The van der Waals surface area contributed by atoms with Crippen LogP contribution in [0.25, 0.3) is 0 Å². The zero-order valence-electron chi connectivity index (χ0n) is 23.8. The molecule has 2 fully saturated rings. The van der Waals surface area contributed by atoms with E-state index in [0.717, 1.165) is 11.1 Å². The topological polar surface area (TPSA) is 117 Å². The van der Waals surface area contributed by atoms with Gasteiger partial charge in [0.2, 0.25) is 11.8 Å². The molecule has 3 aromatic carbocycles. The number of hydrogen-bond acceptors (Lipinski definition) is 7. The Morgan fingerprint density at radius 3 is 2.12 bits per heavy atom. The van der Waals surface area contributed by atoms with Crippen LogP contribution in [0, 0.1) is 11.8 Å². The van der Waals surface area contributed by atoms with Gasteiger partial charge >= 0.3 is 12.0 Å². The van der Waals surface area contributed by atoms with Crippen molar-refractivity contribution in [3.8, 4) is 5.75 Å². The number of nitrogens with one attached hydrogen (secondary N) is 2. The first-order chi connectivity index (χ1) is 20.3. The number of fused-ring (bicyclic) bond motifs is 1. The highest BCUT2D eigenvalue weighted by molar-refractivity contribution is 6.09. The number of methoxy groups -OCH3 is 2. The number of hydrogen-bond donors (Lipinski definition) is 2. The Kier molecular flexibility index (Phi) is 8.26. The van der Waals surface area contributed by atoms with Gasteiger partial charge in [0.25, 0.3) is 0 Å². The maximum Gasteiger partial charge on any atom is 0.327 e. The molecule has 0 aromatic heterocycles. The molecule has 42 heavy (non-hydrogen) atoms. The predicted octanol–water partition coefficient (Wildman–Crippen LogP) is 3.09. The SMILES string of the molecule is COC(=O)[C@]1(Cc2ccccc2)N[C@H](CN(C)C(=O)Nc2ccc(OC)cc2)[C@@H]2C(=O)N(Cc3ccccc3)C(=O)[C@@H]21. The quantitative estimate of drug-likeness (QED) is 0.300. The van der Waals surface area contributed by atoms with E-state index >= 15 is 0 Å². The molecule has 2 heterocycles. The normalized spacial score (nSPS) is 22.9. The van der Waals surface area contributed by atoms with Gasteiger partial charge in [-0.25, -0.2) is 4.79 Å². The number of urea groups is 1. The van der Waals surface area contributed by atoms with Crippen molar-refractivity contribution in [1.29, 1.82) is 0 Å². The van der Waals surface area contributed by atoms with Crippen LogP contribution in [0.5, 0.6) is 5.75 Å². The first kappa shape index (κ1) is 28.8. The fraction of sp³-hybridized carbons (Fsp3) is 0.312. The molecule has 0 bridgehead atoms. The Labute approximate surface area is 244 Å². The number of likely N-dealkylation sites (N-methyl/N-ethyl adjacent to an activating group) is 1. The molecule has 2 N–H and O–H groups in total. The third-order valence-electron chi connectivity index (χ3n) is 8.07. The molecule has 10 nitrogen and oxygen atoms in total. The number of esters is 1. The second-order valence-corrected chi connectivity index (χ2v) is 10.7. The smallest absolute Gasteiger partial charge is 0.327 e. The molecule has 0 unspecified atom stereocenters. The van der Waals surface area contributed by atoms with Crippen molar-refractivity contribution in [1.82, 2.24) is 15.1 Å². The van der Waals surface area contributed by atoms with E-state index in [-0.39, 0.29) is 25.4 Å². The van der Waals surface area contributed by atoms with Crippen molar-refractivity contribution in [2.24, 2.45) is 11.8 Å². The summed E-state index contributed by atoms with van der Waals surface area (Å²) in [6.45, 7) is 0.156. The van der Waals surface area contributed by atoms with Crippen LogP contribution in [-0.2, 0) is 32.1 Å². The molecule has 4 amide bonds. The Balaban J connectivity index is 1.46. The van der Waals surface area contributed by atoms with Gasteiger partial charge in [-0.1, -0.05) is 60.7 Å². The fourth-order valence-corrected chi connectivity index (χ4v) is 6.06. The van der Waals surface area contributed by atoms with E-state index in [1.165, 1.54) is 16.9 Å². The molecule has 2 saturated heterocycles. The van der Waals surface area contributed by atoms with Crippen molar-refractivity contribution in [3.05, 3.63) is 96.1 Å². The Hall–Kier alpha value is -4.70. The maximum absolute atomic E-state index is 14.0. The van der Waals surface area contributed by atoms with Crippen molar-refractivity contribution in [3.63, 3.8) is 0 Å². The number of amides is 4. The number of carbonyl (C=O) groups is 4. The second-order valence-electron chi connectivity index (χ2n) is 10.7. The molecular weight excluding hydrogens is 536 g/mol. The van der Waals surface area contributed by atoms with Gasteiger partial charge in [-0.05, 0) is 35.4 Å². The second kappa shape index (κ2) is 12.0. The summed E-state index contributed by atoms with van der Waals surface area (Å²) >= 11 is 0. The van der Waals surface area contributed by atoms with E-state index in [0.29, 0.717) is 11.4 Å². The molecule has 0 radical (unpaired) electrons. The summed E-state index contributed by atoms with van der Waals surface area (Å²) in [5.74, 6) is -2.67. The zero-order valence-corrected chi connectivity index (χ0v) is 23.8. The Morgan fingerprint density at radius 2 is 1.52 bits per heavy atom. The van der Waals surface area contributed by atoms with Crippen LogP contribution < -0.4 is 15.4 Å². The van der Waals surface area contributed by atoms with Crippen molar-refractivity contribution < 1.29 is 28.7 Å². The summed E-state index contributed by atoms with van der Waals surface area (Å²) in [5, 5.41) is 6.17. The number of ether oxygens (including phenoxy) is 2. The molecule has 10 heteroatoms. The standard InChI is InChI=1S/C32H34N4O6/c1-35(31(40)33-23-14-16-24(41-2)17-15-23)20-25-26-27(29(38)36(28(26)37)19-22-12-8-5-9-13-22)32(34-25,30(39)42-3)18-21-10-6-4-7-11-21/h4-17,25-27,34H,18-20H2,1-3H3,(H,33,40)/t25-,26+,27-,32-/m1/s1. The lowest BCUT2D eigenvalue weighted by molar-refractivity contribution is -0.154. The summed E-state index contributed by atoms with van der Waals surface area (Å²) in [4.78, 5) is 57.4. The van der Waals surface area contributed by atoms with Crippen LogP contribution in [0.1, 0.15) is 11.1 Å². The minimum Gasteiger partial charge on any atom is -0.497 e. The predicted molar refractivity (Wildman–Crippen MR) is 155 cm³/mol. The van der Waals surface area contributed by atoms with Gasteiger partial charge < -0.3 is 19.7 Å². The van der Waals surface area contributed by atoms with Gasteiger partial charge in [0.05, 0.1) is 32.6 Å². The third kappa shape index (κ3) is 5.45. The van der Waals surface area contributed by atoms with E-state index in [1.54, 1.807) is 38.4 Å². The number of imide groups is 1. The fourth-order valence-electron chi connectivity index (χ4n) is 6.06. The van der Waals surface area contributed by atoms with Crippen LogP contribution in [0.2, 0.25) is 0 Å². The minimum atomic E-state index is -1.50. The lowest BCUT2D eigenvalue weighted by atomic mass is 9.76. The van der Waals surface area contributed by atoms with E-state index in [2.05, 4.69) is 10.6 Å². The van der Waals surface area contributed by atoms with E-state index in [1.807, 2.05) is 60.7 Å². The van der Waals surface area contributed by atoms with Crippen LogP contribution >= 0.6 is 0 Å². The number of nitrogens with zero attached hydrogens (tertiary/aromatic N) is 2. The van der Waals surface area contributed by atoms with Gasteiger partial charge in [0.15, 0.2) is 0 Å². The lowest BCUT2D eigenvalue weighted by Crippen LogP contribution is -2.59. The molecule has 3 aromatic rings. The first-order valence-electron chi connectivity index (χ1n) is 13.7. The largest absolute Gasteiger partial charge is 0.497 e. The van der Waals surface area contributed by atoms with Crippen LogP contribution in [0.3, 0.4) is 0 Å². The molecular formula is C32H34N4O6. The number of anilines is 1. The van der Waals surface area contributed by atoms with Gasteiger partial charge in [0.1, 0.15) is 11.3 Å². The lowest BCUT2D eigenvalue weighted by Gasteiger charge is -2.33. The molecule has 2 aliphatic heterocycles. The number of carbonyl (C=O) groups excluding carboxylic acids is 4. The number of likely N-dealkylation sites (tertiary alicyclic amines) is 1. The summed E-state index contributed by atoms with van der Waals surface area (Å²) in [6, 6.07) is 24.4. The Bertz CT molecular complexity index is 1450. The average Bonchev–Trinajstić information content (AvgIpc) is 3.46. The molecule has 0 aliphatic carbocycles. The van der Waals surface area contributed by atoms with Crippen molar-refractivity contribution in [2.45, 2.75) is 24.5 Å². The number of rotatable bonds is 9. The first-order valence-corrected chi connectivity index (χ1v) is 13.7. The summed E-state index contributed by atoms with van der Waals surface area (Å²) in [5.41, 5.74) is 0.671. The van der Waals surface area contributed by atoms with Gasteiger partial charge in [-0.15, -0.1) is 0 Å². The van der Waals surface area contributed by atoms with Gasteiger partial charge in [-0.3, -0.25) is 24.6 Å². The molecule has 218 valence electrons. The van der Waals surface area contributed by atoms with Gasteiger partial charge in [-0.2, -0.15) is 0 Å². The van der Waals surface area contributed by atoms with E-state index in [9.17, 15) is 19.2 Å². The van der Waals surface area contributed by atoms with Crippen LogP contribution in [0.4, 0.5) is 10.5 Å². The highest BCUT2D eigenvalue weighted by atomic mass is 16.5. The Morgan fingerprint density at radius 1 is 0.905 bits per heavy atom. The molecule has 5 rings (SSSR count). The van der Waals surface area contributed by atoms with Gasteiger partial charge in [0, 0.05) is 31.7 Å². The van der Waals surface area contributed by atoms with Crippen LogP contribution in [-0.4, -0.2) is 73.0 Å². The summed E-state index contributed by atoms with van der Waals surface area (Å²) in [7, 11) is 4.44. The van der Waals surface area contributed by atoms with E-state index in [4.69, 9.17) is 9.47 Å². The highest BCUT2D eigenvalue weighted by Crippen LogP contribution is 2.45. The zero-order chi connectivity index (χ0) is 29.9. The number of benzene rings is 3. The van der Waals surface area contributed by atoms with Crippen molar-refractivity contribution >= 4 is 29.5 Å². The molecule has 0 saturated carbocycles. The minimum absolute atomic E-state index is 0.0644. The molecule has 4 atom stereocenters. The summed E-state index contributed by atoms with van der Waals surface area (Å²) in [6.07, 6.45) is 0.137. The summed E-state index contributed by atoms with van der Waals surface area (Å²) < 4.78 is 10.4. The average molecular weight is 571 g/mol. The third-order valence-corrected chi connectivity index (χ3v) is 8.07. The van der Waals surface area contributed by atoms with E-state index < -0.39 is 41.3 Å². The highest BCUT2D eigenvalue weighted by Gasteiger charge is 2.68. The van der Waals surface area contributed by atoms with Crippen LogP contribution in [0.15, 0.2) is 84.9 Å². The maximum atomic E-state index is 14.0. The molecule has 0 spiro atoms. The van der Waals surface area contributed by atoms with Crippen molar-refractivity contribution in [2.75, 3.05) is 33.1 Å². The monoisotopic (exact) mass is 570 g/mol. The molecule has 2 aliphatic rings.